The van der Waals surface area contributed by atoms with Gasteiger partial charge in [0.25, 0.3) is 11.5 Å². The number of H-pyrrole nitrogens is 1. The summed E-state index contributed by atoms with van der Waals surface area (Å²) in [6, 6.07) is 7.34. The van der Waals surface area contributed by atoms with Gasteiger partial charge >= 0.3 is 6.09 Å². The SMILES string of the molecule is C=C(C=CC(F)=C(C)C(=O)N1CC2CCCN(CCNC(=O)OC(C)(C)C)C2C1)Cc1n[nH]c(=O)c2ccccc12. The number of fused-ring (bicyclic) bond motifs is 2. The standard InChI is InChI=1S/C31H40FN5O4/c1-20(17-26-23-10-6-7-11-24(23)28(38)35-34-26)12-13-25(32)21(2)29(39)37-18-22-9-8-15-36(27(22)19-37)16-14-33-30(40)41-31(3,4)5/h6-7,10-13,22,27H,1,8-9,14-19H2,2-5H3,(H,33,40)(H,35,38). The lowest BCUT2D eigenvalue weighted by atomic mass is 9.92. The van der Waals surface area contributed by atoms with Crippen molar-refractivity contribution in [3.63, 3.8) is 0 Å². The first-order chi connectivity index (χ1) is 19.4. The molecule has 3 heterocycles. The Labute approximate surface area is 240 Å². The van der Waals surface area contributed by atoms with Crippen LogP contribution in [0.2, 0.25) is 0 Å². The molecular weight excluding hydrogens is 525 g/mol. The number of hydrogen-bond acceptors (Lipinski definition) is 6. The van der Waals surface area contributed by atoms with Crippen LogP contribution < -0.4 is 10.9 Å². The van der Waals surface area contributed by atoms with Gasteiger partial charge in [-0.1, -0.05) is 30.9 Å². The minimum atomic E-state index is -0.608. The lowest BCUT2D eigenvalue weighted by Crippen LogP contribution is -2.48. The molecule has 2 fully saturated rings. The molecule has 0 bridgehead atoms. The summed E-state index contributed by atoms with van der Waals surface area (Å²) in [6.45, 7) is 14.1. The highest BCUT2D eigenvalue weighted by Gasteiger charge is 2.40. The number of alkyl carbamates (subject to hydrolysis) is 1. The van der Waals surface area contributed by atoms with E-state index in [0.29, 0.717) is 55.2 Å². The number of aromatic nitrogens is 2. The van der Waals surface area contributed by atoms with E-state index in [9.17, 15) is 14.4 Å². The number of carbonyl (C=O) groups excluding carboxylic acids is 2. The molecule has 9 nitrogen and oxygen atoms in total. The van der Waals surface area contributed by atoms with E-state index in [0.717, 1.165) is 24.8 Å². The summed E-state index contributed by atoms with van der Waals surface area (Å²) in [4.78, 5) is 41.3. The van der Waals surface area contributed by atoms with E-state index in [2.05, 4.69) is 27.0 Å². The second-order valence-corrected chi connectivity index (χ2v) is 11.8. The molecule has 2 aliphatic rings. The number of nitrogens with zero attached hydrogens (tertiary/aromatic N) is 3. The average molecular weight is 566 g/mol. The first-order valence-corrected chi connectivity index (χ1v) is 14.1. The van der Waals surface area contributed by atoms with Crippen LogP contribution in [0.5, 0.6) is 0 Å². The van der Waals surface area contributed by atoms with Crippen molar-refractivity contribution in [1.82, 2.24) is 25.3 Å². The highest BCUT2D eigenvalue weighted by molar-refractivity contribution is 5.94. The van der Waals surface area contributed by atoms with Crippen LogP contribution in [0.15, 0.2) is 64.8 Å². The number of carbonyl (C=O) groups is 2. The van der Waals surface area contributed by atoms with E-state index in [4.69, 9.17) is 4.74 Å². The molecule has 2 amide bonds. The number of piperidine rings is 1. The zero-order chi connectivity index (χ0) is 29.7. The minimum Gasteiger partial charge on any atom is -0.444 e. The van der Waals surface area contributed by atoms with Gasteiger partial charge in [0, 0.05) is 49.6 Å². The first-order valence-electron chi connectivity index (χ1n) is 14.1. The van der Waals surface area contributed by atoms with Gasteiger partial charge in [0.15, 0.2) is 0 Å². The zero-order valence-electron chi connectivity index (χ0n) is 24.3. The van der Waals surface area contributed by atoms with Gasteiger partial charge in [-0.05, 0) is 70.7 Å². The molecule has 2 unspecified atom stereocenters. The summed E-state index contributed by atoms with van der Waals surface area (Å²) in [7, 11) is 0. The van der Waals surface area contributed by atoms with Crippen LogP contribution >= 0.6 is 0 Å². The van der Waals surface area contributed by atoms with Crippen molar-refractivity contribution in [2.45, 2.75) is 58.6 Å². The Morgan fingerprint density at radius 2 is 1.95 bits per heavy atom. The predicted octanol–water partition coefficient (Wildman–Crippen LogP) is 4.27. The smallest absolute Gasteiger partial charge is 0.407 e. The number of benzene rings is 1. The summed E-state index contributed by atoms with van der Waals surface area (Å²) in [5.41, 5.74) is 0.463. The molecule has 2 saturated heterocycles. The van der Waals surface area contributed by atoms with E-state index >= 15 is 4.39 Å². The average Bonchev–Trinajstić information content (AvgIpc) is 3.37. The highest BCUT2D eigenvalue weighted by Crippen LogP contribution is 2.31. The Hall–Kier alpha value is -3.79. The topological polar surface area (TPSA) is 108 Å². The normalized spacial score (nSPS) is 20.2. The maximum atomic E-state index is 15.1. The Morgan fingerprint density at radius 3 is 2.68 bits per heavy atom. The van der Waals surface area contributed by atoms with Crippen molar-refractivity contribution in [1.29, 1.82) is 0 Å². The first kappa shape index (κ1) is 30.2. The number of likely N-dealkylation sites (tertiary alicyclic amines) is 2. The van der Waals surface area contributed by atoms with Gasteiger partial charge in [0.05, 0.1) is 11.1 Å². The van der Waals surface area contributed by atoms with Gasteiger partial charge in [0.2, 0.25) is 0 Å². The molecule has 2 aromatic rings. The van der Waals surface area contributed by atoms with Gasteiger partial charge in [0.1, 0.15) is 11.4 Å². The molecule has 2 aliphatic heterocycles. The van der Waals surface area contributed by atoms with Crippen molar-refractivity contribution in [3.8, 4) is 0 Å². The number of ether oxygens (including phenoxy) is 1. The Balaban J connectivity index is 1.34. The van der Waals surface area contributed by atoms with Crippen LogP contribution in [0.4, 0.5) is 9.18 Å². The fraction of sp³-hybridized carbons (Fsp3) is 0.484. The number of halogens is 1. The van der Waals surface area contributed by atoms with Gasteiger partial charge in [-0.25, -0.2) is 14.3 Å². The molecule has 0 saturated carbocycles. The molecule has 0 aliphatic carbocycles. The van der Waals surface area contributed by atoms with E-state index < -0.39 is 17.5 Å². The molecule has 4 rings (SSSR count). The van der Waals surface area contributed by atoms with Crippen molar-refractivity contribution in [3.05, 3.63) is 76.0 Å². The maximum Gasteiger partial charge on any atom is 0.407 e. The lowest BCUT2D eigenvalue weighted by molar-refractivity contribution is -0.126. The summed E-state index contributed by atoms with van der Waals surface area (Å²) in [5, 5.41) is 10.7. The number of allylic oxidation sites excluding steroid dienone is 4. The van der Waals surface area contributed by atoms with Crippen molar-refractivity contribution in [2.24, 2.45) is 5.92 Å². The van der Waals surface area contributed by atoms with Crippen LogP contribution in [0.1, 0.15) is 46.2 Å². The lowest BCUT2D eigenvalue weighted by Gasteiger charge is -2.36. The maximum absolute atomic E-state index is 15.1. The quantitative estimate of drug-likeness (QED) is 0.366. The zero-order valence-corrected chi connectivity index (χ0v) is 24.3. The second-order valence-electron chi connectivity index (χ2n) is 11.8. The van der Waals surface area contributed by atoms with E-state index in [1.165, 1.54) is 19.1 Å². The van der Waals surface area contributed by atoms with Crippen LogP contribution in [-0.2, 0) is 16.0 Å². The van der Waals surface area contributed by atoms with Crippen molar-refractivity contribution < 1.29 is 18.7 Å². The Bertz CT molecular complexity index is 1420. The fourth-order valence-corrected chi connectivity index (χ4v) is 5.57. The third-order valence-electron chi connectivity index (χ3n) is 7.56. The van der Waals surface area contributed by atoms with Crippen LogP contribution in [0.25, 0.3) is 10.8 Å². The molecule has 220 valence electrons. The van der Waals surface area contributed by atoms with Crippen molar-refractivity contribution >= 4 is 22.8 Å². The Kier molecular flexibility index (Phi) is 9.42. The fourth-order valence-electron chi connectivity index (χ4n) is 5.57. The van der Waals surface area contributed by atoms with Crippen LogP contribution in [0.3, 0.4) is 0 Å². The Morgan fingerprint density at radius 1 is 1.22 bits per heavy atom. The van der Waals surface area contributed by atoms with Gasteiger partial charge < -0.3 is 15.0 Å². The molecule has 2 atom stereocenters. The minimum absolute atomic E-state index is 0.0541. The summed E-state index contributed by atoms with van der Waals surface area (Å²) >= 11 is 0. The summed E-state index contributed by atoms with van der Waals surface area (Å²) < 4.78 is 20.4. The third-order valence-corrected chi connectivity index (χ3v) is 7.56. The number of rotatable bonds is 8. The molecule has 0 spiro atoms. The largest absolute Gasteiger partial charge is 0.444 e. The molecule has 1 aromatic heterocycles. The number of aromatic amines is 1. The molecule has 41 heavy (non-hydrogen) atoms. The second kappa shape index (κ2) is 12.8. The van der Waals surface area contributed by atoms with Crippen LogP contribution in [0, 0.1) is 5.92 Å². The van der Waals surface area contributed by atoms with Crippen LogP contribution in [-0.4, -0.2) is 76.4 Å². The molecule has 0 radical (unpaired) electrons. The van der Waals surface area contributed by atoms with Gasteiger partial charge in [-0.2, -0.15) is 5.10 Å². The summed E-state index contributed by atoms with van der Waals surface area (Å²) in [5.74, 6) is -0.601. The van der Waals surface area contributed by atoms with Crippen molar-refractivity contribution in [2.75, 3.05) is 32.7 Å². The monoisotopic (exact) mass is 565 g/mol. The molecule has 10 heteroatoms. The van der Waals surface area contributed by atoms with Gasteiger partial charge in [-0.3, -0.25) is 14.5 Å². The van der Waals surface area contributed by atoms with E-state index in [-0.39, 0.29) is 23.1 Å². The van der Waals surface area contributed by atoms with E-state index in [1.54, 1.807) is 17.0 Å². The third kappa shape index (κ3) is 7.70. The number of nitrogens with one attached hydrogen (secondary N) is 2. The summed E-state index contributed by atoms with van der Waals surface area (Å²) in [6.07, 6.45) is 4.72. The highest BCUT2D eigenvalue weighted by atomic mass is 19.1. The predicted molar refractivity (Wildman–Crippen MR) is 157 cm³/mol. The number of amides is 2. The van der Waals surface area contributed by atoms with Gasteiger partial charge in [-0.15, -0.1) is 0 Å². The molecular formula is C31H40FN5O4. The molecule has 1 aromatic carbocycles. The van der Waals surface area contributed by atoms with E-state index in [1.807, 2.05) is 32.9 Å². The number of hydrogen-bond donors (Lipinski definition) is 2. The molecule has 2 N–H and O–H groups in total.